The Morgan fingerprint density at radius 1 is 1.45 bits per heavy atom. The van der Waals surface area contributed by atoms with Crippen LogP contribution in [0.2, 0.25) is 0 Å². The zero-order valence-corrected chi connectivity index (χ0v) is 13.2. The molecule has 0 unspecified atom stereocenters. The molecule has 0 spiro atoms. The summed E-state index contributed by atoms with van der Waals surface area (Å²) < 4.78 is 1.69. The van der Waals surface area contributed by atoms with Gasteiger partial charge in [-0.25, -0.2) is 4.68 Å². The number of nitro groups is 1. The maximum absolute atomic E-state index is 11.2. The number of hydrogen-bond acceptors (Lipinski definition) is 5. The molecule has 0 fully saturated rings. The molecule has 0 aliphatic heterocycles. The molecule has 7 heteroatoms. The predicted molar refractivity (Wildman–Crippen MR) is 80.2 cm³/mol. The first-order chi connectivity index (χ1) is 9.20. The van der Waals surface area contributed by atoms with E-state index in [4.69, 9.17) is 0 Å². The van der Waals surface area contributed by atoms with Crippen molar-refractivity contribution in [3.05, 3.63) is 15.8 Å². The Morgan fingerprint density at radius 3 is 2.50 bits per heavy atom. The first-order valence-electron chi connectivity index (χ1n) is 6.83. The summed E-state index contributed by atoms with van der Waals surface area (Å²) in [5.74, 6) is 0.504. The lowest BCUT2D eigenvalue weighted by Crippen LogP contribution is -2.44. The van der Waals surface area contributed by atoms with Crippen molar-refractivity contribution in [2.24, 2.45) is 0 Å². The van der Waals surface area contributed by atoms with Crippen LogP contribution >= 0.6 is 0 Å². The minimum absolute atomic E-state index is 0.0769. The third-order valence-corrected chi connectivity index (χ3v) is 3.61. The molecule has 0 aliphatic carbocycles. The molecule has 0 aliphatic rings. The monoisotopic (exact) mass is 283 g/mol. The average Bonchev–Trinajstić information content (AvgIpc) is 2.63. The largest absolute Gasteiger partial charge is 0.363 e. The van der Waals surface area contributed by atoms with Crippen molar-refractivity contribution in [2.75, 3.05) is 26.0 Å². The SMILES string of the molecule is CCCn1nc(C)c([N+](=O)[O-])c1NCC(C)(C)N(C)C. The van der Waals surface area contributed by atoms with Gasteiger partial charge in [-0.2, -0.15) is 5.10 Å². The molecule has 0 amide bonds. The first kappa shape index (κ1) is 16.4. The van der Waals surface area contributed by atoms with E-state index in [-0.39, 0.29) is 16.1 Å². The third kappa shape index (κ3) is 3.47. The van der Waals surface area contributed by atoms with E-state index in [0.717, 1.165) is 6.42 Å². The number of rotatable bonds is 7. The lowest BCUT2D eigenvalue weighted by Gasteiger charge is -2.32. The average molecular weight is 283 g/mol. The van der Waals surface area contributed by atoms with Crippen LogP contribution in [0.3, 0.4) is 0 Å². The summed E-state index contributed by atoms with van der Waals surface area (Å²) in [7, 11) is 3.98. The van der Waals surface area contributed by atoms with Crippen LogP contribution in [0, 0.1) is 17.0 Å². The fourth-order valence-electron chi connectivity index (χ4n) is 1.80. The van der Waals surface area contributed by atoms with Crippen LogP contribution < -0.4 is 5.32 Å². The number of aromatic nitrogens is 2. The van der Waals surface area contributed by atoms with Crippen LogP contribution in [-0.4, -0.2) is 45.8 Å². The maximum atomic E-state index is 11.2. The van der Waals surface area contributed by atoms with Gasteiger partial charge in [-0.3, -0.25) is 10.1 Å². The number of hydrogen-bond donors (Lipinski definition) is 1. The van der Waals surface area contributed by atoms with Crippen LogP contribution in [0.15, 0.2) is 0 Å². The Bertz CT molecular complexity index is 479. The molecule has 0 bridgehead atoms. The summed E-state index contributed by atoms with van der Waals surface area (Å²) in [6.45, 7) is 9.14. The topological polar surface area (TPSA) is 76.2 Å². The first-order valence-corrected chi connectivity index (χ1v) is 6.83. The lowest BCUT2D eigenvalue weighted by molar-refractivity contribution is -0.384. The molecule has 1 rings (SSSR count). The van der Waals surface area contributed by atoms with Gasteiger partial charge in [0.1, 0.15) is 5.69 Å². The Kier molecular flexibility index (Phi) is 5.10. The highest BCUT2D eigenvalue weighted by Gasteiger charge is 2.27. The Balaban J connectivity index is 3.05. The van der Waals surface area contributed by atoms with Crippen molar-refractivity contribution in [1.29, 1.82) is 0 Å². The van der Waals surface area contributed by atoms with E-state index >= 15 is 0 Å². The van der Waals surface area contributed by atoms with Crippen molar-refractivity contribution in [3.63, 3.8) is 0 Å². The summed E-state index contributed by atoms with van der Waals surface area (Å²) >= 11 is 0. The number of aryl methyl sites for hydroxylation is 2. The molecular formula is C13H25N5O2. The van der Waals surface area contributed by atoms with E-state index in [0.29, 0.717) is 24.6 Å². The highest BCUT2D eigenvalue weighted by molar-refractivity contribution is 5.59. The molecule has 0 radical (unpaired) electrons. The molecule has 1 aromatic rings. The van der Waals surface area contributed by atoms with Gasteiger partial charge >= 0.3 is 5.69 Å². The molecule has 20 heavy (non-hydrogen) atoms. The van der Waals surface area contributed by atoms with Crippen molar-refractivity contribution in [2.45, 2.75) is 46.2 Å². The van der Waals surface area contributed by atoms with Crippen LogP contribution in [-0.2, 0) is 6.54 Å². The Labute approximate surface area is 120 Å². The van der Waals surface area contributed by atoms with E-state index in [1.165, 1.54) is 0 Å². The molecule has 114 valence electrons. The van der Waals surface area contributed by atoms with Gasteiger partial charge in [0.2, 0.25) is 5.82 Å². The van der Waals surface area contributed by atoms with Gasteiger partial charge < -0.3 is 10.2 Å². The van der Waals surface area contributed by atoms with Gasteiger partial charge in [-0.1, -0.05) is 6.92 Å². The summed E-state index contributed by atoms with van der Waals surface area (Å²) in [6, 6.07) is 0. The molecule has 1 N–H and O–H groups in total. The minimum atomic E-state index is -0.362. The van der Waals surface area contributed by atoms with E-state index in [1.807, 2.05) is 21.0 Å². The summed E-state index contributed by atoms with van der Waals surface area (Å²) in [5.41, 5.74) is 0.421. The summed E-state index contributed by atoms with van der Waals surface area (Å²) in [5, 5.41) is 18.7. The fraction of sp³-hybridized carbons (Fsp3) is 0.769. The second-order valence-electron chi connectivity index (χ2n) is 5.82. The van der Waals surface area contributed by atoms with Crippen molar-refractivity contribution in [1.82, 2.24) is 14.7 Å². The maximum Gasteiger partial charge on any atom is 0.333 e. The minimum Gasteiger partial charge on any atom is -0.363 e. The number of nitrogens with one attached hydrogen (secondary N) is 1. The van der Waals surface area contributed by atoms with Crippen molar-refractivity contribution >= 4 is 11.5 Å². The van der Waals surface area contributed by atoms with Crippen LogP contribution in [0.4, 0.5) is 11.5 Å². The number of likely N-dealkylation sites (N-methyl/N-ethyl adjacent to an activating group) is 1. The van der Waals surface area contributed by atoms with Crippen molar-refractivity contribution < 1.29 is 4.92 Å². The summed E-state index contributed by atoms with van der Waals surface area (Å²) in [6.07, 6.45) is 0.879. The molecule has 0 saturated carbocycles. The molecule has 1 heterocycles. The molecule has 0 saturated heterocycles. The third-order valence-electron chi connectivity index (χ3n) is 3.61. The van der Waals surface area contributed by atoms with Gasteiger partial charge in [0.05, 0.1) is 4.92 Å². The lowest BCUT2D eigenvalue weighted by atomic mass is 10.0. The van der Waals surface area contributed by atoms with E-state index < -0.39 is 0 Å². The van der Waals surface area contributed by atoms with Crippen molar-refractivity contribution in [3.8, 4) is 0 Å². The normalized spacial score (nSPS) is 11.9. The predicted octanol–water partition coefficient (Wildman–Crippen LogP) is 2.26. The standard InChI is InChI=1S/C13H25N5O2/c1-7-8-17-12(11(18(19)20)10(2)15-17)14-9-13(3,4)16(5)6/h14H,7-9H2,1-6H3. The van der Waals surface area contributed by atoms with Gasteiger partial charge in [-0.05, 0) is 41.3 Å². The Morgan fingerprint density at radius 2 is 2.05 bits per heavy atom. The fourth-order valence-corrected chi connectivity index (χ4v) is 1.80. The number of nitrogens with zero attached hydrogens (tertiary/aromatic N) is 4. The van der Waals surface area contributed by atoms with Crippen LogP contribution in [0.25, 0.3) is 0 Å². The van der Waals surface area contributed by atoms with E-state index in [2.05, 4.69) is 29.2 Å². The number of anilines is 1. The molecule has 0 atom stereocenters. The molecule has 7 nitrogen and oxygen atoms in total. The zero-order chi connectivity index (χ0) is 15.5. The van der Waals surface area contributed by atoms with Crippen LogP contribution in [0.1, 0.15) is 32.9 Å². The zero-order valence-electron chi connectivity index (χ0n) is 13.2. The summed E-state index contributed by atoms with van der Waals surface area (Å²) in [4.78, 5) is 12.9. The smallest absolute Gasteiger partial charge is 0.333 e. The van der Waals surface area contributed by atoms with Gasteiger partial charge in [0, 0.05) is 18.6 Å². The molecule has 0 aromatic carbocycles. The molecule has 1 aromatic heterocycles. The van der Waals surface area contributed by atoms with E-state index in [9.17, 15) is 10.1 Å². The second kappa shape index (κ2) is 6.21. The highest BCUT2D eigenvalue weighted by Crippen LogP contribution is 2.29. The Hall–Kier alpha value is -1.63. The molecular weight excluding hydrogens is 258 g/mol. The van der Waals surface area contributed by atoms with Gasteiger partial charge in [0.15, 0.2) is 0 Å². The second-order valence-corrected chi connectivity index (χ2v) is 5.82. The van der Waals surface area contributed by atoms with Gasteiger partial charge in [0.25, 0.3) is 0 Å². The highest BCUT2D eigenvalue weighted by atomic mass is 16.6. The van der Waals surface area contributed by atoms with Crippen LogP contribution in [0.5, 0.6) is 0 Å². The quantitative estimate of drug-likeness (QED) is 0.613. The van der Waals surface area contributed by atoms with Gasteiger partial charge in [-0.15, -0.1) is 0 Å². The van der Waals surface area contributed by atoms with E-state index in [1.54, 1.807) is 11.6 Å².